The molecule has 0 atom stereocenters. The van der Waals surface area contributed by atoms with Crippen molar-refractivity contribution in [2.75, 3.05) is 5.32 Å². The number of aromatic nitrogens is 4. The molecule has 0 radical (unpaired) electrons. The molecule has 0 unspecified atom stereocenters. The predicted molar refractivity (Wildman–Crippen MR) is 91.1 cm³/mol. The van der Waals surface area contributed by atoms with Gasteiger partial charge in [0.05, 0.1) is 18.4 Å². The van der Waals surface area contributed by atoms with Crippen molar-refractivity contribution >= 4 is 17.5 Å². The number of carbonyl (C=O) groups excluding carboxylic acids is 2. The number of amides is 2. The second kappa shape index (κ2) is 7.35. The number of anilines is 1. The summed E-state index contributed by atoms with van der Waals surface area (Å²) in [7, 11) is 0. The molecule has 0 saturated carbocycles. The van der Waals surface area contributed by atoms with Gasteiger partial charge in [0.25, 0.3) is 5.91 Å². The molecule has 3 aromatic rings. The van der Waals surface area contributed by atoms with E-state index in [1.165, 1.54) is 6.92 Å². The predicted octanol–water partition coefficient (Wildman–Crippen LogP) is 1.55. The van der Waals surface area contributed by atoms with Crippen molar-refractivity contribution < 1.29 is 9.59 Å². The molecule has 0 spiro atoms. The summed E-state index contributed by atoms with van der Waals surface area (Å²) in [5, 5.41) is 13.5. The van der Waals surface area contributed by atoms with Gasteiger partial charge in [0.2, 0.25) is 5.91 Å². The molecular formula is C17H16N6O2. The van der Waals surface area contributed by atoms with Gasteiger partial charge in [-0.25, -0.2) is 4.68 Å². The van der Waals surface area contributed by atoms with Gasteiger partial charge in [-0.1, -0.05) is 5.21 Å². The molecule has 0 bridgehead atoms. The number of nitrogens with one attached hydrogen (secondary N) is 2. The first kappa shape index (κ1) is 16.3. The first-order chi connectivity index (χ1) is 12.1. The zero-order valence-corrected chi connectivity index (χ0v) is 13.5. The lowest BCUT2D eigenvalue weighted by molar-refractivity contribution is -0.114. The summed E-state index contributed by atoms with van der Waals surface area (Å²) < 4.78 is 1.62. The zero-order chi connectivity index (χ0) is 17.6. The van der Waals surface area contributed by atoms with E-state index in [-0.39, 0.29) is 18.4 Å². The lowest BCUT2D eigenvalue weighted by Gasteiger charge is -2.05. The van der Waals surface area contributed by atoms with Crippen molar-refractivity contribution in [2.45, 2.75) is 13.5 Å². The molecule has 2 aromatic heterocycles. The molecule has 2 N–H and O–H groups in total. The maximum atomic E-state index is 12.2. The summed E-state index contributed by atoms with van der Waals surface area (Å²) in [6.45, 7) is 1.69. The molecule has 2 amide bonds. The Morgan fingerprint density at radius 2 is 1.80 bits per heavy atom. The molecule has 8 heteroatoms. The summed E-state index contributed by atoms with van der Waals surface area (Å²) in [4.78, 5) is 27.1. The fourth-order valence-corrected chi connectivity index (χ4v) is 2.18. The Kier molecular flexibility index (Phi) is 4.79. The van der Waals surface area contributed by atoms with E-state index in [1.807, 2.05) is 12.1 Å². The van der Waals surface area contributed by atoms with Gasteiger partial charge in [0.1, 0.15) is 5.69 Å². The molecule has 0 aliphatic carbocycles. The zero-order valence-electron chi connectivity index (χ0n) is 13.5. The molecule has 0 aliphatic rings. The second-order valence-electron chi connectivity index (χ2n) is 5.30. The number of hydrogen-bond acceptors (Lipinski definition) is 5. The van der Waals surface area contributed by atoms with Crippen LogP contribution >= 0.6 is 0 Å². The SMILES string of the molecule is CC(=O)Nc1ccc(C(=O)NCc2cn(-c3ccncc3)nn2)cc1. The topological polar surface area (TPSA) is 102 Å². The van der Waals surface area contributed by atoms with Crippen LogP contribution in [0.2, 0.25) is 0 Å². The van der Waals surface area contributed by atoms with Crippen molar-refractivity contribution in [2.24, 2.45) is 0 Å². The molecule has 25 heavy (non-hydrogen) atoms. The van der Waals surface area contributed by atoms with E-state index in [4.69, 9.17) is 0 Å². The largest absolute Gasteiger partial charge is 0.346 e. The van der Waals surface area contributed by atoms with Crippen molar-refractivity contribution in [1.29, 1.82) is 0 Å². The van der Waals surface area contributed by atoms with Gasteiger partial charge in [0, 0.05) is 30.6 Å². The Hall–Kier alpha value is -3.55. The summed E-state index contributed by atoms with van der Waals surface area (Å²) in [6.07, 6.45) is 5.08. The number of benzene rings is 1. The first-order valence-corrected chi connectivity index (χ1v) is 7.59. The first-order valence-electron chi connectivity index (χ1n) is 7.59. The Balaban J connectivity index is 1.59. The van der Waals surface area contributed by atoms with Crippen LogP contribution in [0.1, 0.15) is 23.0 Å². The maximum Gasteiger partial charge on any atom is 0.251 e. The van der Waals surface area contributed by atoms with E-state index in [0.717, 1.165) is 5.69 Å². The van der Waals surface area contributed by atoms with Gasteiger partial charge in [0.15, 0.2) is 0 Å². The fourth-order valence-electron chi connectivity index (χ4n) is 2.18. The third kappa shape index (κ3) is 4.25. The highest BCUT2D eigenvalue weighted by molar-refractivity contribution is 5.95. The van der Waals surface area contributed by atoms with Crippen molar-refractivity contribution in [1.82, 2.24) is 25.3 Å². The highest BCUT2D eigenvalue weighted by atomic mass is 16.2. The van der Waals surface area contributed by atoms with Crippen LogP contribution in [0.25, 0.3) is 5.69 Å². The third-order valence-electron chi connectivity index (χ3n) is 3.37. The number of pyridine rings is 1. The minimum atomic E-state index is -0.229. The minimum absolute atomic E-state index is 0.158. The van der Waals surface area contributed by atoms with Crippen molar-refractivity contribution in [3.63, 3.8) is 0 Å². The van der Waals surface area contributed by atoms with Crippen LogP contribution in [0.4, 0.5) is 5.69 Å². The van der Waals surface area contributed by atoms with Gasteiger partial charge in [-0.05, 0) is 36.4 Å². The molecule has 2 heterocycles. The fraction of sp³-hybridized carbons (Fsp3) is 0.118. The summed E-state index contributed by atoms with van der Waals surface area (Å²) in [5.74, 6) is -0.387. The average Bonchev–Trinajstić information content (AvgIpc) is 3.10. The molecule has 126 valence electrons. The lowest BCUT2D eigenvalue weighted by Crippen LogP contribution is -2.23. The van der Waals surface area contributed by atoms with E-state index in [2.05, 4.69) is 25.9 Å². The minimum Gasteiger partial charge on any atom is -0.346 e. The molecule has 0 fully saturated rings. The quantitative estimate of drug-likeness (QED) is 0.736. The maximum absolute atomic E-state index is 12.2. The van der Waals surface area contributed by atoms with Crippen LogP contribution < -0.4 is 10.6 Å². The third-order valence-corrected chi connectivity index (χ3v) is 3.37. The van der Waals surface area contributed by atoms with Crippen molar-refractivity contribution in [3.05, 3.63) is 66.2 Å². The van der Waals surface area contributed by atoms with E-state index >= 15 is 0 Å². The Morgan fingerprint density at radius 1 is 1.08 bits per heavy atom. The Labute approximate surface area is 143 Å². The van der Waals surface area contributed by atoms with Gasteiger partial charge < -0.3 is 10.6 Å². The van der Waals surface area contributed by atoms with Crippen LogP contribution in [0, 0.1) is 0 Å². The molecule has 8 nitrogen and oxygen atoms in total. The highest BCUT2D eigenvalue weighted by Crippen LogP contribution is 2.10. The van der Waals surface area contributed by atoms with Crippen LogP contribution in [0.15, 0.2) is 55.0 Å². The summed E-state index contributed by atoms with van der Waals surface area (Å²) >= 11 is 0. The standard InChI is InChI=1S/C17H16N6O2/c1-12(24)20-14-4-2-13(3-5-14)17(25)19-10-15-11-23(22-21-15)16-6-8-18-9-7-16/h2-9,11H,10H2,1H3,(H,19,25)(H,20,24). The van der Waals surface area contributed by atoms with Crippen LogP contribution in [0.5, 0.6) is 0 Å². The number of hydrogen-bond donors (Lipinski definition) is 2. The average molecular weight is 336 g/mol. The van der Waals surface area contributed by atoms with Gasteiger partial charge in [-0.3, -0.25) is 14.6 Å². The highest BCUT2D eigenvalue weighted by Gasteiger charge is 2.08. The summed E-state index contributed by atoms with van der Waals surface area (Å²) in [6, 6.07) is 10.3. The van der Waals surface area contributed by atoms with E-state index < -0.39 is 0 Å². The molecule has 3 rings (SSSR count). The number of carbonyl (C=O) groups is 2. The van der Waals surface area contributed by atoms with E-state index in [1.54, 1.807) is 47.5 Å². The van der Waals surface area contributed by atoms with Gasteiger partial charge in [-0.15, -0.1) is 5.10 Å². The van der Waals surface area contributed by atoms with Crippen molar-refractivity contribution in [3.8, 4) is 5.69 Å². The van der Waals surface area contributed by atoms with E-state index in [0.29, 0.717) is 16.9 Å². The van der Waals surface area contributed by atoms with Crippen LogP contribution in [0.3, 0.4) is 0 Å². The lowest BCUT2D eigenvalue weighted by atomic mass is 10.2. The molecule has 0 saturated heterocycles. The van der Waals surface area contributed by atoms with Gasteiger partial charge >= 0.3 is 0 Å². The monoisotopic (exact) mass is 336 g/mol. The van der Waals surface area contributed by atoms with Crippen LogP contribution in [-0.2, 0) is 11.3 Å². The molecule has 0 aliphatic heterocycles. The molecular weight excluding hydrogens is 320 g/mol. The van der Waals surface area contributed by atoms with Gasteiger partial charge in [-0.2, -0.15) is 0 Å². The second-order valence-corrected chi connectivity index (χ2v) is 5.30. The normalized spacial score (nSPS) is 10.3. The van der Waals surface area contributed by atoms with E-state index in [9.17, 15) is 9.59 Å². The molecule has 1 aromatic carbocycles. The summed E-state index contributed by atoms with van der Waals surface area (Å²) in [5.41, 5.74) is 2.62. The smallest absolute Gasteiger partial charge is 0.251 e. The Bertz CT molecular complexity index is 874. The number of nitrogens with zero attached hydrogens (tertiary/aromatic N) is 4. The Morgan fingerprint density at radius 3 is 2.48 bits per heavy atom. The number of rotatable bonds is 5. The van der Waals surface area contributed by atoms with Crippen LogP contribution in [-0.4, -0.2) is 31.8 Å².